The van der Waals surface area contributed by atoms with Gasteiger partial charge in [0.05, 0.1) is 11.9 Å². The molecule has 0 aliphatic rings. The molecule has 0 aliphatic carbocycles. The van der Waals surface area contributed by atoms with E-state index in [-0.39, 0.29) is 0 Å². The normalized spacial score (nSPS) is 10.8. The summed E-state index contributed by atoms with van der Waals surface area (Å²) in [5.74, 6) is 0.617. The van der Waals surface area contributed by atoms with Gasteiger partial charge < -0.3 is 5.73 Å². The number of hydrogen-bond acceptors (Lipinski definition) is 4. The molecule has 0 unspecified atom stereocenters. The van der Waals surface area contributed by atoms with Crippen molar-refractivity contribution >= 4 is 5.82 Å². The maximum atomic E-state index is 6.13. The van der Waals surface area contributed by atoms with Gasteiger partial charge in [-0.05, 0) is 19.1 Å². The Morgan fingerprint density at radius 2 is 1.84 bits per heavy atom. The smallest absolute Gasteiger partial charge is 0.133 e. The number of nitrogen functional groups attached to an aromatic ring is 1. The summed E-state index contributed by atoms with van der Waals surface area (Å²) in [5, 5.41) is 12.9. The Balaban J connectivity index is 2.15. The number of para-hydroxylation sites is 1. The van der Waals surface area contributed by atoms with E-state index in [0.29, 0.717) is 5.82 Å². The fraction of sp³-hybridized carbons (Fsp3) is 0.154. The van der Waals surface area contributed by atoms with E-state index in [2.05, 4.69) is 15.3 Å². The summed E-state index contributed by atoms with van der Waals surface area (Å²) in [6.07, 6.45) is 1.68. The van der Waals surface area contributed by atoms with E-state index in [1.54, 1.807) is 17.9 Å². The van der Waals surface area contributed by atoms with Crippen LogP contribution in [0.2, 0.25) is 0 Å². The fourth-order valence-corrected chi connectivity index (χ4v) is 1.97. The number of aromatic nitrogens is 5. The van der Waals surface area contributed by atoms with Gasteiger partial charge in [-0.25, -0.2) is 4.68 Å². The van der Waals surface area contributed by atoms with Crippen LogP contribution < -0.4 is 5.73 Å². The lowest BCUT2D eigenvalue weighted by Crippen LogP contribution is -2.01. The summed E-state index contributed by atoms with van der Waals surface area (Å²) in [6.45, 7) is 1.94. The molecule has 2 heterocycles. The van der Waals surface area contributed by atoms with Crippen LogP contribution in [-0.2, 0) is 7.05 Å². The maximum Gasteiger partial charge on any atom is 0.133 e. The van der Waals surface area contributed by atoms with Gasteiger partial charge in [0.15, 0.2) is 0 Å². The first kappa shape index (κ1) is 11.5. The van der Waals surface area contributed by atoms with Gasteiger partial charge in [0.25, 0.3) is 0 Å². The molecule has 0 saturated carbocycles. The highest BCUT2D eigenvalue weighted by atomic mass is 15.5. The Morgan fingerprint density at radius 1 is 1.11 bits per heavy atom. The van der Waals surface area contributed by atoms with Crippen LogP contribution in [0.25, 0.3) is 17.1 Å². The standard InChI is InChI=1S/C13H14N6/c1-9-12(11-8-15-18(2)16-11)17-19(13(9)14)10-6-4-3-5-7-10/h3-8H,14H2,1-2H3. The molecular weight excluding hydrogens is 240 g/mol. The third-order valence-electron chi connectivity index (χ3n) is 3.01. The predicted octanol–water partition coefficient (Wildman–Crippen LogP) is 1.56. The topological polar surface area (TPSA) is 74.5 Å². The van der Waals surface area contributed by atoms with Crippen LogP contribution in [0.4, 0.5) is 5.82 Å². The van der Waals surface area contributed by atoms with Gasteiger partial charge in [-0.2, -0.15) is 20.1 Å². The van der Waals surface area contributed by atoms with E-state index in [4.69, 9.17) is 5.73 Å². The van der Waals surface area contributed by atoms with Crippen LogP contribution >= 0.6 is 0 Å². The Labute approximate surface area is 110 Å². The molecule has 3 aromatic rings. The van der Waals surface area contributed by atoms with Gasteiger partial charge >= 0.3 is 0 Å². The minimum atomic E-state index is 0.617. The van der Waals surface area contributed by atoms with E-state index in [1.165, 1.54) is 4.80 Å². The van der Waals surface area contributed by atoms with Crippen molar-refractivity contribution in [1.82, 2.24) is 24.8 Å². The van der Waals surface area contributed by atoms with Crippen LogP contribution in [0.15, 0.2) is 36.5 Å². The lowest BCUT2D eigenvalue weighted by molar-refractivity contribution is 0.655. The number of hydrogen-bond donors (Lipinski definition) is 1. The van der Waals surface area contributed by atoms with Gasteiger partial charge in [0.2, 0.25) is 0 Å². The molecule has 6 heteroatoms. The molecule has 6 nitrogen and oxygen atoms in total. The van der Waals surface area contributed by atoms with Crippen LogP contribution in [0, 0.1) is 6.92 Å². The van der Waals surface area contributed by atoms with Crippen molar-refractivity contribution < 1.29 is 0 Å². The summed E-state index contributed by atoms with van der Waals surface area (Å²) < 4.78 is 1.72. The van der Waals surface area contributed by atoms with Gasteiger partial charge in [0.1, 0.15) is 17.2 Å². The second-order valence-electron chi connectivity index (χ2n) is 4.33. The largest absolute Gasteiger partial charge is 0.383 e. The van der Waals surface area contributed by atoms with E-state index in [0.717, 1.165) is 22.6 Å². The van der Waals surface area contributed by atoms with E-state index < -0.39 is 0 Å². The Bertz CT molecular complexity index is 710. The van der Waals surface area contributed by atoms with Crippen molar-refractivity contribution in [2.24, 2.45) is 7.05 Å². The summed E-state index contributed by atoms with van der Waals surface area (Å²) in [6, 6.07) is 9.79. The zero-order valence-corrected chi connectivity index (χ0v) is 10.8. The van der Waals surface area contributed by atoms with Gasteiger partial charge in [0, 0.05) is 12.6 Å². The highest BCUT2D eigenvalue weighted by Gasteiger charge is 2.16. The highest BCUT2D eigenvalue weighted by molar-refractivity contribution is 5.65. The molecule has 2 aromatic heterocycles. The van der Waals surface area contributed by atoms with E-state index in [9.17, 15) is 0 Å². The van der Waals surface area contributed by atoms with Crippen LogP contribution in [0.5, 0.6) is 0 Å². The molecule has 96 valence electrons. The third-order valence-corrected chi connectivity index (χ3v) is 3.01. The van der Waals surface area contributed by atoms with Crippen molar-refractivity contribution in [1.29, 1.82) is 0 Å². The minimum absolute atomic E-state index is 0.617. The SMILES string of the molecule is Cc1c(-c2cnn(C)n2)nn(-c2ccccc2)c1N. The van der Waals surface area contributed by atoms with Crippen molar-refractivity contribution in [2.75, 3.05) is 5.73 Å². The first-order chi connectivity index (χ1) is 9.16. The van der Waals surface area contributed by atoms with Gasteiger partial charge in [-0.3, -0.25) is 0 Å². The zero-order valence-electron chi connectivity index (χ0n) is 10.8. The number of nitrogens with zero attached hydrogens (tertiary/aromatic N) is 5. The van der Waals surface area contributed by atoms with E-state index in [1.807, 2.05) is 37.3 Å². The molecule has 19 heavy (non-hydrogen) atoms. The molecule has 0 bridgehead atoms. The number of anilines is 1. The number of aryl methyl sites for hydroxylation is 1. The lowest BCUT2D eigenvalue weighted by atomic mass is 10.2. The quantitative estimate of drug-likeness (QED) is 0.753. The molecule has 0 saturated heterocycles. The van der Waals surface area contributed by atoms with Crippen molar-refractivity contribution in [2.45, 2.75) is 6.92 Å². The monoisotopic (exact) mass is 254 g/mol. The minimum Gasteiger partial charge on any atom is -0.383 e. The van der Waals surface area contributed by atoms with Crippen LogP contribution in [-0.4, -0.2) is 24.8 Å². The number of rotatable bonds is 2. The summed E-state index contributed by atoms with van der Waals surface area (Å²) >= 11 is 0. The van der Waals surface area contributed by atoms with Gasteiger partial charge in [-0.15, -0.1) is 0 Å². The highest BCUT2D eigenvalue weighted by Crippen LogP contribution is 2.26. The molecule has 2 N–H and O–H groups in total. The van der Waals surface area contributed by atoms with E-state index >= 15 is 0 Å². The molecule has 0 aliphatic heterocycles. The molecule has 0 atom stereocenters. The first-order valence-electron chi connectivity index (χ1n) is 5.94. The molecule has 1 aromatic carbocycles. The molecule has 0 amide bonds. The van der Waals surface area contributed by atoms with Crippen LogP contribution in [0.1, 0.15) is 5.56 Å². The zero-order chi connectivity index (χ0) is 13.4. The third kappa shape index (κ3) is 1.87. The Morgan fingerprint density at radius 3 is 2.47 bits per heavy atom. The Kier molecular flexibility index (Phi) is 2.56. The average molecular weight is 254 g/mol. The molecule has 0 spiro atoms. The van der Waals surface area contributed by atoms with Crippen molar-refractivity contribution in [3.8, 4) is 17.1 Å². The molecule has 0 fully saturated rings. The summed E-state index contributed by atoms with van der Waals surface area (Å²) in [4.78, 5) is 1.51. The predicted molar refractivity (Wildman–Crippen MR) is 72.7 cm³/mol. The van der Waals surface area contributed by atoms with Crippen LogP contribution in [0.3, 0.4) is 0 Å². The van der Waals surface area contributed by atoms with Gasteiger partial charge in [-0.1, -0.05) is 18.2 Å². The number of nitrogens with two attached hydrogens (primary N) is 1. The summed E-state index contributed by atoms with van der Waals surface area (Å²) in [7, 11) is 1.77. The molecule has 0 radical (unpaired) electrons. The van der Waals surface area contributed by atoms with Crippen molar-refractivity contribution in [3.63, 3.8) is 0 Å². The second kappa shape index (κ2) is 4.24. The Hall–Kier alpha value is -2.63. The summed E-state index contributed by atoms with van der Waals surface area (Å²) in [5.41, 5.74) is 9.44. The second-order valence-corrected chi connectivity index (χ2v) is 4.33. The first-order valence-corrected chi connectivity index (χ1v) is 5.94. The maximum absolute atomic E-state index is 6.13. The number of benzene rings is 1. The molecule has 3 rings (SSSR count). The lowest BCUT2D eigenvalue weighted by Gasteiger charge is -2.02. The fourth-order valence-electron chi connectivity index (χ4n) is 1.97. The van der Waals surface area contributed by atoms with Crippen molar-refractivity contribution in [3.05, 3.63) is 42.1 Å². The molecular formula is C13H14N6. The average Bonchev–Trinajstić information content (AvgIpc) is 2.97.